The summed E-state index contributed by atoms with van der Waals surface area (Å²) in [6.07, 6.45) is 2.84. The first-order valence-corrected chi connectivity index (χ1v) is 8.64. The van der Waals surface area contributed by atoms with E-state index < -0.39 is 0 Å². The van der Waals surface area contributed by atoms with Crippen LogP contribution in [0, 0.1) is 0 Å². The van der Waals surface area contributed by atoms with Crippen LogP contribution in [0.1, 0.15) is 29.1 Å². The van der Waals surface area contributed by atoms with E-state index in [0.29, 0.717) is 0 Å². The summed E-state index contributed by atoms with van der Waals surface area (Å²) in [5.74, 6) is 5.86. The lowest BCUT2D eigenvalue weighted by Crippen LogP contribution is -2.32. The van der Waals surface area contributed by atoms with Crippen molar-refractivity contribution in [1.29, 1.82) is 0 Å². The molecule has 0 aromatic carbocycles. The zero-order chi connectivity index (χ0) is 15.4. The molecule has 0 saturated heterocycles. The smallest absolute Gasteiger partial charge is 0.0984 e. The number of aromatic nitrogens is 2. The average Bonchev–Trinajstić information content (AvgIpc) is 3.06. The van der Waals surface area contributed by atoms with Crippen molar-refractivity contribution in [2.75, 3.05) is 20.6 Å². The molecule has 5 nitrogen and oxygen atoms in total. The van der Waals surface area contributed by atoms with Crippen LogP contribution >= 0.6 is 27.3 Å². The first-order chi connectivity index (χ1) is 10.1. The lowest BCUT2D eigenvalue weighted by Gasteiger charge is -2.20. The zero-order valence-electron chi connectivity index (χ0n) is 12.6. The Bertz CT molecular complexity index is 578. The maximum Gasteiger partial charge on any atom is 0.0984 e. The van der Waals surface area contributed by atoms with Crippen LogP contribution in [0.2, 0.25) is 0 Å². The molecule has 0 spiro atoms. The molecule has 7 heteroatoms. The molecule has 0 saturated carbocycles. The molecule has 3 N–H and O–H groups in total. The number of hydrogen-bond donors (Lipinski definition) is 2. The monoisotopic (exact) mass is 371 g/mol. The summed E-state index contributed by atoms with van der Waals surface area (Å²) in [6, 6.07) is 2.12. The molecule has 116 valence electrons. The summed E-state index contributed by atoms with van der Waals surface area (Å²) in [7, 11) is 4.12. The minimum atomic E-state index is -0.0426. The predicted octanol–water partition coefficient (Wildman–Crippen LogP) is 2.38. The largest absolute Gasteiger partial charge is 0.308 e. The van der Waals surface area contributed by atoms with Gasteiger partial charge in [-0.05, 0) is 53.5 Å². The molecular formula is C14H22BrN5S. The number of likely N-dealkylation sites (N-methyl/N-ethyl adjacent to an activating group) is 1. The standard InChI is InChI=1S/C14H22BrN5S/c1-4-10-5-8-21-14(10)12(18-16)13-11(15)9-17-20(13)7-6-19(2)3/h5,8-9,12,18H,4,6-7,16H2,1-3H3. The summed E-state index contributed by atoms with van der Waals surface area (Å²) in [6.45, 7) is 3.93. The second-order valence-corrected chi connectivity index (χ2v) is 6.97. The minimum Gasteiger partial charge on any atom is -0.308 e. The molecular weight excluding hydrogens is 350 g/mol. The Labute approximate surface area is 138 Å². The van der Waals surface area contributed by atoms with Crippen molar-refractivity contribution in [2.24, 2.45) is 5.84 Å². The molecule has 0 fully saturated rings. The second kappa shape index (κ2) is 7.51. The number of nitrogens with zero attached hydrogens (tertiary/aromatic N) is 3. The highest BCUT2D eigenvalue weighted by molar-refractivity contribution is 9.10. The molecule has 0 aliphatic carbocycles. The number of nitrogens with one attached hydrogen (secondary N) is 1. The van der Waals surface area contributed by atoms with E-state index in [-0.39, 0.29) is 6.04 Å². The van der Waals surface area contributed by atoms with Crippen molar-refractivity contribution < 1.29 is 0 Å². The van der Waals surface area contributed by atoms with Gasteiger partial charge < -0.3 is 4.90 Å². The highest BCUT2D eigenvalue weighted by atomic mass is 79.9. The van der Waals surface area contributed by atoms with E-state index in [1.807, 2.05) is 10.9 Å². The fourth-order valence-corrected chi connectivity index (χ4v) is 3.89. The molecule has 2 heterocycles. The second-order valence-electron chi connectivity index (χ2n) is 5.17. The number of nitrogens with two attached hydrogens (primary N) is 1. The Kier molecular flexibility index (Phi) is 5.95. The average molecular weight is 372 g/mol. The Morgan fingerprint density at radius 3 is 2.90 bits per heavy atom. The van der Waals surface area contributed by atoms with Gasteiger partial charge in [0.25, 0.3) is 0 Å². The van der Waals surface area contributed by atoms with Crippen molar-refractivity contribution in [1.82, 2.24) is 20.1 Å². The normalized spacial score (nSPS) is 13.0. The lowest BCUT2D eigenvalue weighted by molar-refractivity contribution is 0.365. The lowest BCUT2D eigenvalue weighted by atomic mass is 10.1. The van der Waals surface area contributed by atoms with E-state index in [4.69, 9.17) is 5.84 Å². The molecule has 0 amide bonds. The molecule has 2 aromatic rings. The van der Waals surface area contributed by atoms with Gasteiger partial charge in [-0.3, -0.25) is 10.5 Å². The highest BCUT2D eigenvalue weighted by Crippen LogP contribution is 2.33. The Hall–Kier alpha value is -0.730. The van der Waals surface area contributed by atoms with Crippen molar-refractivity contribution in [3.63, 3.8) is 0 Å². The van der Waals surface area contributed by atoms with Crippen LogP contribution in [0.3, 0.4) is 0 Å². The van der Waals surface area contributed by atoms with Gasteiger partial charge in [0.05, 0.1) is 29.0 Å². The van der Waals surface area contributed by atoms with E-state index in [2.05, 4.69) is 63.8 Å². The van der Waals surface area contributed by atoms with Gasteiger partial charge in [-0.1, -0.05) is 6.92 Å². The quantitative estimate of drug-likeness (QED) is 0.579. The summed E-state index contributed by atoms with van der Waals surface area (Å²) in [4.78, 5) is 3.40. The van der Waals surface area contributed by atoms with E-state index in [0.717, 1.165) is 29.7 Å². The number of aryl methyl sites for hydroxylation is 1. The van der Waals surface area contributed by atoms with Crippen molar-refractivity contribution >= 4 is 27.3 Å². The fourth-order valence-electron chi connectivity index (χ4n) is 2.30. The maximum absolute atomic E-state index is 5.86. The van der Waals surface area contributed by atoms with E-state index in [9.17, 15) is 0 Å². The number of hydrazine groups is 1. The van der Waals surface area contributed by atoms with E-state index in [1.54, 1.807) is 11.3 Å². The molecule has 2 aromatic heterocycles. The van der Waals surface area contributed by atoms with Crippen LogP contribution in [-0.2, 0) is 13.0 Å². The van der Waals surface area contributed by atoms with Crippen LogP contribution in [-0.4, -0.2) is 35.3 Å². The fraction of sp³-hybridized carbons (Fsp3) is 0.500. The van der Waals surface area contributed by atoms with E-state index >= 15 is 0 Å². The molecule has 0 radical (unpaired) electrons. The Balaban J connectivity index is 2.36. The third-order valence-electron chi connectivity index (χ3n) is 3.46. The number of thiophene rings is 1. The van der Waals surface area contributed by atoms with Gasteiger partial charge in [0.2, 0.25) is 0 Å². The predicted molar refractivity (Wildman–Crippen MR) is 91.3 cm³/mol. The van der Waals surface area contributed by atoms with Crippen molar-refractivity contribution in [3.8, 4) is 0 Å². The van der Waals surface area contributed by atoms with Gasteiger partial charge in [-0.2, -0.15) is 5.10 Å². The molecule has 0 aliphatic heterocycles. The third kappa shape index (κ3) is 3.73. The minimum absolute atomic E-state index is 0.0426. The van der Waals surface area contributed by atoms with Crippen LogP contribution in [0.4, 0.5) is 0 Å². The van der Waals surface area contributed by atoms with Gasteiger partial charge >= 0.3 is 0 Å². The summed E-state index contributed by atoms with van der Waals surface area (Å²) in [5, 5.41) is 6.59. The highest BCUT2D eigenvalue weighted by Gasteiger charge is 2.23. The molecule has 2 rings (SSSR count). The van der Waals surface area contributed by atoms with Crippen molar-refractivity contribution in [3.05, 3.63) is 38.3 Å². The van der Waals surface area contributed by atoms with Crippen LogP contribution in [0.15, 0.2) is 22.1 Å². The summed E-state index contributed by atoms with van der Waals surface area (Å²) in [5.41, 5.74) is 5.37. The maximum atomic E-state index is 5.86. The van der Waals surface area contributed by atoms with Gasteiger partial charge in [-0.15, -0.1) is 11.3 Å². The first-order valence-electron chi connectivity index (χ1n) is 6.96. The Morgan fingerprint density at radius 2 is 2.29 bits per heavy atom. The van der Waals surface area contributed by atoms with Gasteiger partial charge in [0, 0.05) is 11.4 Å². The SMILES string of the molecule is CCc1ccsc1C(NN)c1c(Br)cnn1CCN(C)C. The molecule has 0 aliphatic rings. The third-order valence-corrected chi connectivity index (χ3v) is 5.09. The molecule has 0 bridgehead atoms. The van der Waals surface area contributed by atoms with E-state index in [1.165, 1.54) is 10.4 Å². The van der Waals surface area contributed by atoms with Gasteiger partial charge in [0.15, 0.2) is 0 Å². The summed E-state index contributed by atoms with van der Waals surface area (Å²) >= 11 is 5.34. The number of hydrogen-bond acceptors (Lipinski definition) is 5. The molecule has 21 heavy (non-hydrogen) atoms. The number of rotatable bonds is 7. The van der Waals surface area contributed by atoms with Gasteiger partial charge in [-0.25, -0.2) is 5.43 Å². The van der Waals surface area contributed by atoms with Crippen LogP contribution in [0.25, 0.3) is 0 Å². The topological polar surface area (TPSA) is 59.1 Å². The molecule has 1 atom stereocenters. The summed E-state index contributed by atoms with van der Waals surface area (Å²) < 4.78 is 3.01. The van der Waals surface area contributed by atoms with Crippen LogP contribution < -0.4 is 11.3 Å². The zero-order valence-corrected chi connectivity index (χ0v) is 15.0. The van der Waals surface area contributed by atoms with Gasteiger partial charge in [0.1, 0.15) is 0 Å². The Morgan fingerprint density at radius 1 is 1.52 bits per heavy atom. The molecule has 1 unspecified atom stereocenters. The van der Waals surface area contributed by atoms with Crippen molar-refractivity contribution in [2.45, 2.75) is 25.9 Å². The number of halogens is 1. The van der Waals surface area contributed by atoms with Crippen LogP contribution in [0.5, 0.6) is 0 Å². The first kappa shape index (κ1) is 16.6.